The van der Waals surface area contributed by atoms with Crippen LogP contribution in [0.3, 0.4) is 0 Å². The average Bonchev–Trinajstić information content (AvgIpc) is 3.11. The third kappa shape index (κ3) is 6.73. The molecule has 0 amide bonds. The highest BCUT2D eigenvalue weighted by Gasteiger charge is 2.04. The van der Waals surface area contributed by atoms with Crippen LogP contribution in [-0.4, -0.2) is 41.5 Å². The van der Waals surface area contributed by atoms with Crippen LogP contribution in [0.5, 0.6) is 5.75 Å². The van der Waals surface area contributed by atoms with Gasteiger partial charge in [0.2, 0.25) is 0 Å². The second kappa shape index (κ2) is 10.3. The average molecular weight is 329 g/mol. The molecule has 6 nitrogen and oxygen atoms in total. The monoisotopic (exact) mass is 329 g/mol. The topological polar surface area (TPSA) is 63.5 Å². The molecule has 0 fully saturated rings. The van der Waals surface area contributed by atoms with Gasteiger partial charge in [0.25, 0.3) is 0 Å². The van der Waals surface area contributed by atoms with E-state index in [2.05, 4.69) is 27.6 Å². The molecular weight excluding hydrogens is 302 g/mol. The van der Waals surface area contributed by atoms with Crippen molar-refractivity contribution in [1.29, 1.82) is 0 Å². The lowest BCUT2D eigenvalue weighted by molar-refractivity contribution is 0.230. The lowest BCUT2D eigenvalue weighted by Crippen LogP contribution is -2.38. The smallest absolute Gasteiger partial charge is 0.191 e. The molecule has 2 rings (SSSR count). The third-order valence-corrected chi connectivity index (χ3v) is 3.35. The van der Waals surface area contributed by atoms with E-state index < -0.39 is 0 Å². The van der Waals surface area contributed by atoms with Crippen LogP contribution in [0.1, 0.15) is 20.3 Å². The Kier molecular flexibility index (Phi) is 7.67. The minimum Gasteiger partial charge on any atom is -0.489 e. The van der Waals surface area contributed by atoms with Crippen molar-refractivity contribution >= 4 is 5.96 Å². The van der Waals surface area contributed by atoms with Crippen LogP contribution in [0.2, 0.25) is 0 Å². The highest BCUT2D eigenvalue weighted by atomic mass is 16.5. The van der Waals surface area contributed by atoms with Gasteiger partial charge in [0.15, 0.2) is 5.96 Å². The van der Waals surface area contributed by atoms with Crippen LogP contribution in [-0.2, 0) is 6.54 Å². The zero-order chi connectivity index (χ0) is 17.0. The number of benzene rings is 1. The van der Waals surface area contributed by atoms with Crippen molar-refractivity contribution < 1.29 is 4.74 Å². The summed E-state index contributed by atoms with van der Waals surface area (Å²) in [5, 5.41) is 10.8. The fraction of sp³-hybridized carbons (Fsp3) is 0.444. The van der Waals surface area contributed by atoms with E-state index in [0.717, 1.165) is 37.8 Å². The number of hydrogen-bond donors (Lipinski definition) is 2. The van der Waals surface area contributed by atoms with Crippen LogP contribution >= 0.6 is 0 Å². The molecule has 1 heterocycles. The highest BCUT2D eigenvalue weighted by Crippen LogP contribution is 2.10. The summed E-state index contributed by atoms with van der Waals surface area (Å²) in [4.78, 5) is 4.59. The van der Waals surface area contributed by atoms with Gasteiger partial charge < -0.3 is 15.4 Å². The molecule has 1 aromatic heterocycles. The van der Waals surface area contributed by atoms with Crippen molar-refractivity contribution in [3.8, 4) is 5.75 Å². The van der Waals surface area contributed by atoms with E-state index >= 15 is 0 Å². The Morgan fingerprint density at radius 3 is 2.79 bits per heavy atom. The Bertz CT molecular complexity index is 583. The fourth-order valence-corrected chi connectivity index (χ4v) is 2.21. The molecule has 0 bridgehead atoms. The van der Waals surface area contributed by atoms with Crippen LogP contribution in [0.25, 0.3) is 0 Å². The second-order valence-electron chi connectivity index (χ2n) is 5.51. The number of guanidine groups is 1. The molecule has 1 aromatic carbocycles. The maximum atomic E-state index is 5.84. The Morgan fingerprint density at radius 2 is 2.08 bits per heavy atom. The summed E-state index contributed by atoms with van der Waals surface area (Å²) in [6.07, 6.45) is 4.78. The van der Waals surface area contributed by atoms with Gasteiger partial charge >= 0.3 is 0 Å². The van der Waals surface area contributed by atoms with Crippen LogP contribution in [0.15, 0.2) is 53.8 Å². The number of aryl methyl sites for hydroxylation is 1. The first kappa shape index (κ1) is 17.8. The molecule has 0 radical (unpaired) electrons. The van der Waals surface area contributed by atoms with E-state index in [0.29, 0.717) is 6.54 Å². The molecule has 130 valence electrons. The standard InChI is InChI=1S/C18H27N5O/c1-3-19-18(20-11-7-13-23-14-8-12-22-23)21-15-16(2)24-17-9-5-4-6-10-17/h4-6,8-10,12,14,16H,3,7,11,13,15H2,1-2H3,(H2,19,20,21). The molecule has 0 aliphatic heterocycles. The van der Waals surface area contributed by atoms with Gasteiger partial charge in [-0.15, -0.1) is 0 Å². The Hall–Kier alpha value is -2.50. The first-order valence-corrected chi connectivity index (χ1v) is 8.49. The summed E-state index contributed by atoms with van der Waals surface area (Å²) in [6, 6.07) is 11.8. The minimum atomic E-state index is 0.0203. The molecule has 0 aliphatic carbocycles. The molecule has 2 N–H and O–H groups in total. The first-order valence-electron chi connectivity index (χ1n) is 8.49. The number of aromatic nitrogens is 2. The van der Waals surface area contributed by atoms with E-state index in [1.807, 2.05) is 54.2 Å². The van der Waals surface area contributed by atoms with Crippen LogP contribution in [0.4, 0.5) is 0 Å². The maximum absolute atomic E-state index is 5.84. The summed E-state index contributed by atoms with van der Waals surface area (Å²) < 4.78 is 7.78. The van der Waals surface area contributed by atoms with E-state index in [4.69, 9.17) is 4.74 Å². The van der Waals surface area contributed by atoms with Gasteiger partial charge in [0.1, 0.15) is 11.9 Å². The number of para-hydroxylation sites is 1. The Morgan fingerprint density at radius 1 is 1.25 bits per heavy atom. The number of nitrogens with one attached hydrogen (secondary N) is 2. The minimum absolute atomic E-state index is 0.0203. The number of ether oxygens (including phenoxy) is 1. The van der Waals surface area contributed by atoms with Gasteiger partial charge in [-0.1, -0.05) is 18.2 Å². The molecule has 1 atom stereocenters. The van der Waals surface area contributed by atoms with Gasteiger partial charge in [-0.05, 0) is 38.5 Å². The summed E-state index contributed by atoms with van der Waals surface area (Å²) in [6.45, 7) is 7.26. The lowest BCUT2D eigenvalue weighted by atomic mass is 10.3. The molecule has 0 aliphatic rings. The second-order valence-corrected chi connectivity index (χ2v) is 5.51. The summed E-state index contributed by atoms with van der Waals surface area (Å²) in [5.41, 5.74) is 0. The van der Waals surface area contributed by atoms with Gasteiger partial charge in [-0.3, -0.25) is 4.68 Å². The van der Waals surface area contributed by atoms with Gasteiger partial charge in [0, 0.05) is 32.0 Å². The predicted molar refractivity (Wildman–Crippen MR) is 97.4 cm³/mol. The summed E-state index contributed by atoms with van der Waals surface area (Å²) >= 11 is 0. The molecule has 0 saturated carbocycles. The van der Waals surface area contributed by atoms with Gasteiger partial charge in [0.05, 0.1) is 6.54 Å². The Labute approximate surface area is 143 Å². The maximum Gasteiger partial charge on any atom is 0.191 e. The highest BCUT2D eigenvalue weighted by molar-refractivity contribution is 5.79. The summed E-state index contributed by atoms with van der Waals surface area (Å²) in [5.74, 6) is 1.69. The molecular formula is C18H27N5O. The molecule has 6 heteroatoms. The zero-order valence-electron chi connectivity index (χ0n) is 14.5. The first-order chi connectivity index (χ1) is 11.8. The third-order valence-electron chi connectivity index (χ3n) is 3.35. The number of aliphatic imine (C=N–C) groups is 1. The van der Waals surface area contributed by atoms with E-state index in [9.17, 15) is 0 Å². The van der Waals surface area contributed by atoms with Crippen molar-refractivity contribution in [1.82, 2.24) is 20.4 Å². The quantitative estimate of drug-likeness (QED) is 0.421. The van der Waals surface area contributed by atoms with Crippen molar-refractivity contribution in [2.24, 2.45) is 4.99 Å². The molecule has 0 saturated heterocycles. The normalized spacial score (nSPS) is 12.7. The van der Waals surface area contributed by atoms with Crippen molar-refractivity contribution in [3.63, 3.8) is 0 Å². The number of nitrogens with zero attached hydrogens (tertiary/aromatic N) is 3. The van der Waals surface area contributed by atoms with E-state index in [1.54, 1.807) is 6.20 Å². The van der Waals surface area contributed by atoms with Crippen molar-refractivity contribution in [2.75, 3.05) is 19.6 Å². The van der Waals surface area contributed by atoms with Gasteiger partial charge in [-0.2, -0.15) is 5.10 Å². The fourth-order valence-electron chi connectivity index (χ4n) is 2.21. The van der Waals surface area contributed by atoms with Gasteiger partial charge in [-0.25, -0.2) is 4.99 Å². The van der Waals surface area contributed by atoms with Crippen molar-refractivity contribution in [2.45, 2.75) is 32.9 Å². The SMILES string of the molecule is CCNC(=NCC(C)Oc1ccccc1)NCCCn1cccn1. The zero-order valence-corrected chi connectivity index (χ0v) is 14.5. The molecule has 1 unspecified atom stereocenters. The van der Waals surface area contributed by atoms with E-state index in [1.165, 1.54) is 0 Å². The molecule has 24 heavy (non-hydrogen) atoms. The van der Waals surface area contributed by atoms with E-state index in [-0.39, 0.29) is 6.10 Å². The number of rotatable bonds is 9. The Balaban J connectivity index is 1.72. The lowest BCUT2D eigenvalue weighted by Gasteiger charge is -2.15. The predicted octanol–water partition coefficient (Wildman–Crippen LogP) is 2.30. The van der Waals surface area contributed by atoms with Crippen LogP contribution < -0.4 is 15.4 Å². The molecule has 2 aromatic rings. The van der Waals surface area contributed by atoms with Crippen LogP contribution in [0, 0.1) is 0 Å². The molecule has 0 spiro atoms. The van der Waals surface area contributed by atoms with Crippen molar-refractivity contribution in [3.05, 3.63) is 48.8 Å². The number of hydrogen-bond acceptors (Lipinski definition) is 3. The largest absolute Gasteiger partial charge is 0.489 e. The summed E-state index contributed by atoms with van der Waals surface area (Å²) in [7, 11) is 0.